The van der Waals surface area contributed by atoms with Crippen LogP contribution in [0.25, 0.3) is 0 Å². The molecule has 2 heterocycles. The monoisotopic (exact) mass is 248 g/mol. The highest BCUT2D eigenvalue weighted by molar-refractivity contribution is 5.83. The first-order chi connectivity index (χ1) is 8.63. The average Bonchev–Trinajstić information content (AvgIpc) is 2.96. The van der Waals surface area contributed by atoms with Crippen molar-refractivity contribution in [1.29, 1.82) is 0 Å². The predicted octanol–water partition coefficient (Wildman–Crippen LogP) is 1.01. The molecule has 2 N–H and O–H groups in total. The van der Waals surface area contributed by atoms with E-state index in [0.29, 0.717) is 13.0 Å². The van der Waals surface area contributed by atoms with Crippen LogP contribution in [0, 0.1) is 17.3 Å². The van der Waals surface area contributed by atoms with E-state index >= 15 is 0 Å². The van der Waals surface area contributed by atoms with Crippen LogP contribution in [-0.4, -0.2) is 24.9 Å². The van der Waals surface area contributed by atoms with Gasteiger partial charge in [-0.25, -0.2) is 0 Å². The fraction of sp³-hybridized carbons (Fsp3) is 0.571. The van der Waals surface area contributed by atoms with Gasteiger partial charge in [0, 0.05) is 24.4 Å². The van der Waals surface area contributed by atoms with Crippen molar-refractivity contribution in [3.63, 3.8) is 0 Å². The Bertz CT molecular complexity index is 381. The van der Waals surface area contributed by atoms with Gasteiger partial charge >= 0.3 is 0 Å². The molecular formula is C14H20N2O2. The summed E-state index contributed by atoms with van der Waals surface area (Å²) in [7, 11) is 0. The third kappa shape index (κ3) is 2.07. The van der Waals surface area contributed by atoms with Gasteiger partial charge in [-0.2, -0.15) is 0 Å². The van der Waals surface area contributed by atoms with Crippen LogP contribution in [0.15, 0.2) is 25.3 Å². The Morgan fingerprint density at radius 3 is 2.17 bits per heavy atom. The zero-order valence-corrected chi connectivity index (χ0v) is 10.6. The van der Waals surface area contributed by atoms with Crippen LogP contribution in [0.5, 0.6) is 0 Å². The Hall–Kier alpha value is -1.58. The molecule has 0 aromatic heterocycles. The second-order valence-electron chi connectivity index (χ2n) is 5.13. The first-order valence-corrected chi connectivity index (χ1v) is 6.45. The van der Waals surface area contributed by atoms with E-state index < -0.39 is 5.41 Å². The number of rotatable bonds is 5. The van der Waals surface area contributed by atoms with Crippen molar-refractivity contribution in [2.75, 3.05) is 13.1 Å². The first kappa shape index (κ1) is 12.9. The molecule has 2 saturated heterocycles. The number of hydrogen-bond donors (Lipinski definition) is 2. The van der Waals surface area contributed by atoms with Gasteiger partial charge in [-0.15, -0.1) is 13.2 Å². The summed E-state index contributed by atoms with van der Waals surface area (Å²) < 4.78 is 0. The van der Waals surface area contributed by atoms with Gasteiger partial charge in [-0.05, 0) is 19.3 Å². The number of allylic oxidation sites excluding steroid dienone is 2. The smallest absolute Gasteiger partial charge is 0.224 e. The van der Waals surface area contributed by atoms with Gasteiger partial charge < -0.3 is 10.6 Å². The van der Waals surface area contributed by atoms with Gasteiger partial charge in [-0.1, -0.05) is 12.2 Å². The summed E-state index contributed by atoms with van der Waals surface area (Å²) in [6, 6.07) is 0. The first-order valence-electron chi connectivity index (χ1n) is 6.45. The highest BCUT2D eigenvalue weighted by Crippen LogP contribution is 2.42. The molecule has 18 heavy (non-hydrogen) atoms. The molecule has 0 spiro atoms. The van der Waals surface area contributed by atoms with Crippen LogP contribution in [0.1, 0.15) is 19.3 Å². The third-order valence-electron chi connectivity index (χ3n) is 4.22. The van der Waals surface area contributed by atoms with Gasteiger partial charge in [0.1, 0.15) is 0 Å². The fourth-order valence-corrected chi connectivity index (χ4v) is 3.05. The largest absolute Gasteiger partial charge is 0.356 e. The molecule has 0 aliphatic carbocycles. The van der Waals surface area contributed by atoms with Gasteiger partial charge in [0.2, 0.25) is 11.8 Å². The molecule has 4 heteroatoms. The summed E-state index contributed by atoms with van der Waals surface area (Å²) in [5.74, 6) is -0.0371. The summed E-state index contributed by atoms with van der Waals surface area (Å²) in [6.45, 7) is 9.16. The minimum absolute atomic E-state index is 0.0330. The number of carbonyl (C=O) groups excluding carboxylic acids is 2. The molecule has 2 fully saturated rings. The highest BCUT2D eigenvalue weighted by atomic mass is 16.2. The van der Waals surface area contributed by atoms with Crippen LogP contribution in [0.3, 0.4) is 0 Å². The summed E-state index contributed by atoms with van der Waals surface area (Å²) in [5, 5.41) is 5.68. The van der Waals surface area contributed by atoms with Crippen molar-refractivity contribution in [3.8, 4) is 0 Å². The van der Waals surface area contributed by atoms with Crippen molar-refractivity contribution < 1.29 is 9.59 Å². The van der Waals surface area contributed by atoms with Crippen LogP contribution in [0.2, 0.25) is 0 Å². The minimum atomic E-state index is -0.465. The molecule has 0 aromatic rings. The lowest BCUT2D eigenvalue weighted by atomic mass is 9.69. The minimum Gasteiger partial charge on any atom is -0.356 e. The van der Waals surface area contributed by atoms with Crippen LogP contribution in [0.4, 0.5) is 0 Å². The van der Waals surface area contributed by atoms with Gasteiger partial charge in [0.05, 0.1) is 5.92 Å². The van der Waals surface area contributed by atoms with Crippen molar-refractivity contribution in [2.24, 2.45) is 17.3 Å². The van der Waals surface area contributed by atoms with Gasteiger partial charge in [0.15, 0.2) is 0 Å². The summed E-state index contributed by atoms with van der Waals surface area (Å²) in [6.07, 6.45) is 5.83. The molecule has 98 valence electrons. The molecule has 2 atom stereocenters. The van der Waals surface area contributed by atoms with E-state index in [1.165, 1.54) is 0 Å². The number of nitrogens with one attached hydrogen (secondary N) is 2. The van der Waals surface area contributed by atoms with E-state index in [0.717, 1.165) is 19.4 Å². The standard InChI is InChI=1S/C14H20N2O2/c1-3-14(4-2,11-6-8-16-13(11)18)9-10-5-7-15-12(10)17/h3-4,10-11H,1-2,5-9H2,(H,15,17)(H,16,18)/t10?,11-/m0/s1. The maximum Gasteiger partial charge on any atom is 0.224 e. The lowest BCUT2D eigenvalue weighted by Gasteiger charge is -2.33. The topological polar surface area (TPSA) is 58.2 Å². The number of amides is 2. The molecule has 2 aliphatic heterocycles. The molecule has 0 radical (unpaired) electrons. The van der Waals surface area contributed by atoms with Crippen molar-refractivity contribution in [3.05, 3.63) is 25.3 Å². The van der Waals surface area contributed by atoms with E-state index in [1.807, 2.05) is 0 Å². The number of carbonyl (C=O) groups is 2. The molecule has 4 nitrogen and oxygen atoms in total. The zero-order chi connectivity index (χ0) is 13.2. The Labute approximate surface area is 108 Å². The molecular weight excluding hydrogens is 228 g/mol. The van der Waals surface area contributed by atoms with Crippen molar-refractivity contribution >= 4 is 11.8 Å². The third-order valence-corrected chi connectivity index (χ3v) is 4.22. The highest BCUT2D eigenvalue weighted by Gasteiger charge is 2.44. The van der Waals surface area contributed by atoms with E-state index in [1.54, 1.807) is 12.2 Å². The molecule has 0 saturated carbocycles. The van der Waals surface area contributed by atoms with Crippen LogP contribution in [-0.2, 0) is 9.59 Å². The maximum atomic E-state index is 11.9. The fourth-order valence-electron chi connectivity index (χ4n) is 3.05. The lowest BCUT2D eigenvalue weighted by molar-refractivity contribution is -0.127. The van der Waals surface area contributed by atoms with E-state index in [4.69, 9.17) is 0 Å². The van der Waals surface area contributed by atoms with E-state index in [2.05, 4.69) is 23.8 Å². The number of hydrogen-bond acceptors (Lipinski definition) is 2. The molecule has 0 bridgehead atoms. The summed E-state index contributed by atoms with van der Waals surface area (Å²) in [5.41, 5.74) is -0.465. The van der Waals surface area contributed by atoms with Crippen molar-refractivity contribution in [2.45, 2.75) is 19.3 Å². The Morgan fingerprint density at radius 2 is 1.72 bits per heavy atom. The molecule has 2 rings (SSSR count). The lowest BCUT2D eigenvalue weighted by Crippen LogP contribution is -2.35. The average molecular weight is 248 g/mol. The molecule has 1 unspecified atom stereocenters. The SMILES string of the molecule is C=CC(C=C)(CC1CCNC1=O)[C@H]1CCNC1=O. The normalized spacial score (nSPS) is 27.8. The Morgan fingerprint density at radius 1 is 1.11 bits per heavy atom. The summed E-state index contributed by atoms with van der Waals surface area (Å²) >= 11 is 0. The zero-order valence-electron chi connectivity index (χ0n) is 10.6. The van der Waals surface area contributed by atoms with E-state index in [-0.39, 0.29) is 23.7 Å². The second-order valence-corrected chi connectivity index (χ2v) is 5.13. The quantitative estimate of drug-likeness (QED) is 0.713. The Kier molecular flexibility index (Phi) is 3.55. The predicted molar refractivity (Wildman–Crippen MR) is 69.7 cm³/mol. The summed E-state index contributed by atoms with van der Waals surface area (Å²) in [4.78, 5) is 23.6. The van der Waals surface area contributed by atoms with Crippen LogP contribution < -0.4 is 10.6 Å². The molecule has 2 amide bonds. The Balaban J connectivity index is 2.20. The van der Waals surface area contributed by atoms with Gasteiger partial charge in [0.25, 0.3) is 0 Å². The van der Waals surface area contributed by atoms with Gasteiger partial charge in [-0.3, -0.25) is 9.59 Å². The molecule has 2 aliphatic rings. The van der Waals surface area contributed by atoms with Crippen molar-refractivity contribution in [1.82, 2.24) is 10.6 Å². The van der Waals surface area contributed by atoms with E-state index in [9.17, 15) is 9.59 Å². The maximum absolute atomic E-state index is 11.9. The molecule has 0 aromatic carbocycles. The second kappa shape index (κ2) is 4.96. The van der Waals surface area contributed by atoms with Crippen LogP contribution >= 0.6 is 0 Å².